The van der Waals surface area contributed by atoms with E-state index >= 15 is 0 Å². The normalized spacial score (nSPS) is 11.7. The lowest BCUT2D eigenvalue weighted by molar-refractivity contribution is 1.49. The lowest BCUT2D eigenvalue weighted by Crippen LogP contribution is -1.82. The quantitative estimate of drug-likeness (QED) is 0.466. The molecule has 0 atom stereocenters. The molecule has 1 N–H and O–H groups in total. The van der Waals surface area contributed by atoms with Crippen LogP contribution in [-0.4, -0.2) is 9.97 Å². The fourth-order valence-electron chi connectivity index (χ4n) is 2.44. The second-order valence-electron chi connectivity index (χ2n) is 4.48. The average Bonchev–Trinajstić information content (AvgIpc) is 2.77. The lowest BCUT2D eigenvalue weighted by atomic mass is 10.2. The zero-order chi connectivity index (χ0) is 13.0. The van der Waals surface area contributed by atoms with Crippen LogP contribution in [0.3, 0.4) is 0 Å². The summed E-state index contributed by atoms with van der Waals surface area (Å²) in [4.78, 5) is 8.08. The van der Waals surface area contributed by atoms with E-state index < -0.39 is 0 Å². The number of halogens is 2. The largest absolute Gasteiger partial charge is 0.352 e. The fraction of sp³-hybridized carbons (Fsp3) is 0. The van der Waals surface area contributed by atoms with E-state index in [0.29, 0.717) is 0 Å². The van der Waals surface area contributed by atoms with Crippen LogP contribution in [-0.2, 0) is 0 Å². The summed E-state index contributed by atoms with van der Waals surface area (Å²) in [6.07, 6.45) is 0. The summed E-state index contributed by atoms with van der Waals surface area (Å²) in [5.74, 6) is 0. The van der Waals surface area contributed by atoms with E-state index in [-0.39, 0.29) is 0 Å². The van der Waals surface area contributed by atoms with Crippen LogP contribution in [0.2, 0.25) is 5.02 Å². The van der Waals surface area contributed by atoms with Crippen LogP contribution in [0.1, 0.15) is 0 Å². The molecule has 2 heterocycles. The molecule has 2 nitrogen and oxygen atoms in total. The highest BCUT2D eigenvalue weighted by Crippen LogP contribution is 2.34. The molecule has 0 saturated heterocycles. The van der Waals surface area contributed by atoms with E-state index in [1.807, 2.05) is 36.4 Å². The van der Waals surface area contributed by atoms with E-state index in [0.717, 1.165) is 42.3 Å². The molecule has 2 aromatic carbocycles. The van der Waals surface area contributed by atoms with Gasteiger partial charge in [0.25, 0.3) is 0 Å². The van der Waals surface area contributed by atoms with Crippen LogP contribution < -0.4 is 0 Å². The molecule has 92 valence electrons. The Morgan fingerprint density at radius 1 is 1.05 bits per heavy atom. The van der Waals surface area contributed by atoms with Gasteiger partial charge >= 0.3 is 0 Å². The van der Waals surface area contributed by atoms with Crippen molar-refractivity contribution in [2.45, 2.75) is 0 Å². The lowest BCUT2D eigenvalue weighted by Gasteiger charge is -2.01. The van der Waals surface area contributed by atoms with Crippen LogP contribution in [0.25, 0.3) is 32.8 Å². The number of hydrogen-bond acceptors (Lipinski definition) is 1. The van der Waals surface area contributed by atoms with Crippen molar-refractivity contribution in [1.82, 2.24) is 9.97 Å². The number of nitrogens with one attached hydrogen (secondary N) is 1. The van der Waals surface area contributed by atoms with Crippen molar-refractivity contribution in [2.75, 3.05) is 0 Å². The number of benzene rings is 2. The summed E-state index contributed by atoms with van der Waals surface area (Å²) in [5, 5.41) is 2.79. The molecule has 0 spiro atoms. The van der Waals surface area contributed by atoms with Gasteiger partial charge in [0.2, 0.25) is 0 Å². The molecular weight excluding hydrogens is 324 g/mol. The van der Waals surface area contributed by atoms with E-state index in [2.05, 4.69) is 27.0 Å². The number of pyridine rings is 1. The molecule has 4 heteroatoms. The minimum Gasteiger partial charge on any atom is -0.352 e. The number of aromatic amines is 1. The predicted molar refractivity (Wildman–Crippen MR) is 83.8 cm³/mol. The topological polar surface area (TPSA) is 28.7 Å². The van der Waals surface area contributed by atoms with Crippen molar-refractivity contribution in [3.05, 3.63) is 52.0 Å². The van der Waals surface area contributed by atoms with Crippen molar-refractivity contribution < 1.29 is 0 Å². The molecule has 0 aliphatic heterocycles. The first-order valence-corrected chi connectivity index (χ1v) is 7.06. The summed E-state index contributed by atoms with van der Waals surface area (Å²) < 4.78 is 1.03. The zero-order valence-electron chi connectivity index (χ0n) is 9.74. The number of nitrogens with zero attached hydrogens (tertiary/aromatic N) is 1. The van der Waals surface area contributed by atoms with Crippen LogP contribution in [0.15, 0.2) is 46.9 Å². The minimum absolute atomic E-state index is 0.730. The van der Waals surface area contributed by atoms with E-state index in [1.165, 1.54) is 0 Å². The Hall–Kier alpha value is -1.58. The highest BCUT2D eigenvalue weighted by molar-refractivity contribution is 9.10. The van der Waals surface area contributed by atoms with Crippen LogP contribution in [0.4, 0.5) is 0 Å². The number of H-pyrrole nitrogens is 1. The van der Waals surface area contributed by atoms with Crippen molar-refractivity contribution in [1.29, 1.82) is 0 Å². The number of aromatic nitrogens is 2. The standard InChI is InChI=1S/C15H8BrClN2/c16-8-5-6-10-12(7-8)19-15-13(17)9-3-1-2-4-11(9)18-14(10)15/h1-7,19H. The highest BCUT2D eigenvalue weighted by Gasteiger charge is 2.12. The third-order valence-electron chi connectivity index (χ3n) is 3.33. The number of hydrogen-bond donors (Lipinski definition) is 1. The highest BCUT2D eigenvalue weighted by atomic mass is 79.9. The second kappa shape index (κ2) is 3.95. The summed E-state index contributed by atoms with van der Waals surface area (Å²) in [6, 6.07) is 14.0. The molecule has 0 radical (unpaired) electrons. The molecule has 0 aliphatic rings. The van der Waals surface area contributed by atoms with Gasteiger partial charge in [0.15, 0.2) is 0 Å². The van der Waals surface area contributed by atoms with Gasteiger partial charge in [-0.1, -0.05) is 45.7 Å². The van der Waals surface area contributed by atoms with Crippen molar-refractivity contribution in [3.8, 4) is 0 Å². The first-order chi connectivity index (χ1) is 9.24. The molecule has 0 saturated carbocycles. The monoisotopic (exact) mass is 330 g/mol. The maximum Gasteiger partial charge on any atom is 0.0980 e. The molecule has 0 unspecified atom stereocenters. The maximum atomic E-state index is 6.50. The average molecular weight is 332 g/mol. The Morgan fingerprint density at radius 2 is 1.89 bits per heavy atom. The Bertz CT molecular complexity index is 943. The van der Waals surface area contributed by atoms with Crippen LogP contribution >= 0.6 is 27.5 Å². The predicted octanol–water partition coefficient (Wildman–Crippen LogP) is 5.29. The summed E-state index contributed by atoms with van der Waals surface area (Å²) >= 11 is 9.98. The molecule has 2 aromatic heterocycles. The SMILES string of the molecule is Clc1c2ccccc2nc2c1[nH]c1cc(Br)ccc12. The third kappa shape index (κ3) is 1.58. The van der Waals surface area contributed by atoms with Gasteiger partial charge in [-0.05, 0) is 24.3 Å². The Labute approximate surface area is 122 Å². The smallest absolute Gasteiger partial charge is 0.0980 e. The van der Waals surface area contributed by atoms with Crippen LogP contribution in [0.5, 0.6) is 0 Å². The maximum absolute atomic E-state index is 6.50. The summed E-state index contributed by atoms with van der Waals surface area (Å²) in [6.45, 7) is 0. The first-order valence-electron chi connectivity index (χ1n) is 5.89. The zero-order valence-corrected chi connectivity index (χ0v) is 12.1. The van der Waals surface area contributed by atoms with Crippen LogP contribution in [0, 0.1) is 0 Å². The fourth-order valence-corrected chi connectivity index (χ4v) is 3.10. The summed E-state index contributed by atoms with van der Waals surface area (Å²) in [7, 11) is 0. The minimum atomic E-state index is 0.730. The van der Waals surface area contributed by atoms with Crippen molar-refractivity contribution in [3.63, 3.8) is 0 Å². The number of para-hydroxylation sites is 1. The van der Waals surface area contributed by atoms with Gasteiger partial charge in [0.1, 0.15) is 0 Å². The van der Waals surface area contributed by atoms with Crippen molar-refractivity contribution in [2.24, 2.45) is 0 Å². The number of fused-ring (bicyclic) bond motifs is 4. The van der Waals surface area contributed by atoms with Gasteiger partial charge in [-0.2, -0.15) is 0 Å². The molecular formula is C15H8BrClN2. The number of rotatable bonds is 0. The molecule has 19 heavy (non-hydrogen) atoms. The van der Waals surface area contributed by atoms with Gasteiger partial charge in [0, 0.05) is 20.8 Å². The van der Waals surface area contributed by atoms with Gasteiger partial charge in [0.05, 0.1) is 21.6 Å². The molecule has 0 amide bonds. The second-order valence-corrected chi connectivity index (χ2v) is 5.78. The van der Waals surface area contributed by atoms with Gasteiger partial charge in [-0.3, -0.25) is 0 Å². The van der Waals surface area contributed by atoms with Crippen molar-refractivity contribution >= 4 is 60.4 Å². The molecule has 0 bridgehead atoms. The van der Waals surface area contributed by atoms with E-state index in [9.17, 15) is 0 Å². The Kier molecular flexibility index (Phi) is 2.34. The van der Waals surface area contributed by atoms with E-state index in [1.54, 1.807) is 0 Å². The van der Waals surface area contributed by atoms with Gasteiger partial charge in [-0.25, -0.2) is 4.98 Å². The summed E-state index contributed by atoms with van der Waals surface area (Å²) in [5.41, 5.74) is 3.78. The third-order valence-corrected chi connectivity index (χ3v) is 4.21. The first kappa shape index (κ1) is 11.3. The molecule has 0 aliphatic carbocycles. The van der Waals surface area contributed by atoms with E-state index in [4.69, 9.17) is 16.6 Å². The Morgan fingerprint density at radius 3 is 2.79 bits per heavy atom. The Balaban J connectivity index is 2.29. The molecule has 4 aromatic rings. The molecule has 4 rings (SSSR count). The van der Waals surface area contributed by atoms with Gasteiger partial charge in [-0.15, -0.1) is 0 Å². The van der Waals surface area contributed by atoms with Gasteiger partial charge < -0.3 is 4.98 Å². The molecule has 0 fully saturated rings.